The van der Waals surface area contributed by atoms with Crippen LogP contribution in [0.15, 0.2) is 0 Å². The molecule has 1 fully saturated rings. The molecule has 0 radical (unpaired) electrons. The monoisotopic (exact) mass is 232 g/mol. The normalized spacial score (nSPS) is 26.8. The summed E-state index contributed by atoms with van der Waals surface area (Å²) in [6.07, 6.45) is -1.62. The largest absolute Gasteiger partial charge is 0.480 e. The quantitative estimate of drug-likeness (QED) is 0.517. The third-order valence-corrected chi connectivity index (χ3v) is 2.62. The molecule has 4 N–H and O–H groups in total. The van der Waals surface area contributed by atoms with Crippen LogP contribution in [0.3, 0.4) is 0 Å². The van der Waals surface area contributed by atoms with Crippen LogP contribution in [0.5, 0.6) is 0 Å². The van der Waals surface area contributed by atoms with Crippen LogP contribution in [0.25, 0.3) is 0 Å². The predicted octanol–water partition coefficient (Wildman–Crippen LogP) is -1.99. The molecule has 3 atom stereocenters. The summed E-state index contributed by atoms with van der Waals surface area (Å²) in [4.78, 5) is 23.8. The van der Waals surface area contributed by atoms with Crippen LogP contribution < -0.4 is 5.73 Å². The summed E-state index contributed by atoms with van der Waals surface area (Å²) >= 11 is 0. The molecule has 0 aliphatic carbocycles. The van der Waals surface area contributed by atoms with Gasteiger partial charge in [-0.25, -0.2) is 4.79 Å². The number of aliphatic carboxylic acids is 1. The van der Waals surface area contributed by atoms with E-state index < -0.39 is 30.1 Å². The van der Waals surface area contributed by atoms with Gasteiger partial charge in [-0.1, -0.05) is 0 Å². The van der Waals surface area contributed by atoms with Crippen molar-refractivity contribution in [2.75, 3.05) is 20.2 Å². The SMILES string of the molecule is COC(CN)C(=O)N1C[C@@H](O)C[C@H]1C(=O)O. The minimum absolute atomic E-state index is 0.00958. The lowest BCUT2D eigenvalue weighted by molar-refractivity contribution is -0.152. The third-order valence-electron chi connectivity index (χ3n) is 2.62. The number of aliphatic hydroxyl groups is 1. The highest BCUT2D eigenvalue weighted by atomic mass is 16.5. The number of carboxylic acids is 1. The van der Waals surface area contributed by atoms with Crippen LogP contribution in [0.1, 0.15) is 6.42 Å². The Bertz CT molecular complexity index is 279. The number of rotatable bonds is 4. The number of hydrogen-bond acceptors (Lipinski definition) is 5. The third kappa shape index (κ3) is 2.49. The van der Waals surface area contributed by atoms with Gasteiger partial charge in [-0.15, -0.1) is 0 Å². The summed E-state index contributed by atoms with van der Waals surface area (Å²) in [6, 6.07) is -0.994. The Hall–Kier alpha value is -1.18. The van der Waals surface area contributed by atoms with Crippen LogP contribution >= 0.6 is 0 Å². The molecule has 0 spiro atoms. The van der Waals surface area contributed by atoms with E-state index in [1.54, 1.807) is 0 Å². The number of methoxy groups -OCH3 is 1. The number of nitrogens with zero attached hydrogens (tertiary/aromatic N) is 1. The van der Waals surface area contributed by atoms with Crippen LogP contribution in [-0.2, 0) is 14.3 Å². The lowest BCUT2D eigenvalue weighted by atomic mass is 10.2. The Morgan fingerprint density at radius 2 is 2.25 bits per heavy atom. The van der Waals surface area contributed by atoms with Crippen molar-refractivity contribution in [1.82, 2.24) is 4.90 Å². The van der Waals surface area contributed by atoms with Crippen molar-refractivity contribution in [1.29, 1.82) is 0 Å². The van der Waals surface area contributed by atoms with Crippen molar-refractivity contribution >= 4 is 11.9 Å². The Morgan fingerprint density at radius 1 is 1.62 bits per heavy atom. The van der Waals surface area contributed by atoms with E-state index in [2.05, 4.69) is 0 Å². The maximum absolute atomic E-state index is 11.8. The van der Waals surface area contributed by atoms with Crippen molar-refractivity contribution in [2.45, 2.75) is 24.7 Å². The maximum Gasteiger partial charge on any atom is 0.326 e. The molecule has 0 aromatic heterocycles. The highest BCUT2D eigenvalue weighted by molar-refractivity contribution is 5.87. The van der Waals surface area contributed by atoms with E-state index in [1.165, 1.54) is 7.11 Å². The van der Waals surface area contributed by atoms with E-state index in [9.17, 15) is 14.7 Å². The maximum atomic E-state index is 11.8. The van der Waals surface area contributed by atoms with E-state index >= 15 is 0 Å². The average molecular weight is 232 g/mol. The molecule has 1 amide bonds. The molecule has 0 aromatic rings. The first kappa shape index (κ1) is 12.9. The Labute approximate surface area is 92.8 Å². The van der Waals surface area contributed by atoms with Crippen LogP contribution in [0.4, 0.5) is 0 Å². The van der Waals surface area contributed by atoms with Crippen molar-refractivity contribution < 1.29 is 24.5 Å². The number of carbonyl (C=O) groups excluding carboxylic acids is 1. The molecule has 1 aliphatic heterocycles. The summed E-state index contributed by atoms with van der Waals surface area (Å²) in [5.74, 6) is -1.62. The fourth-order valence-corrected chi connectivity index (χ4v) is 1.77. The summed E-state index contributed by atoms with van der Waals surface area (Å²) in [7, 11) is 1.33. The number of β-amino-alcohol motifs (C(OH)–C–C–N with tert-alkyl or cyclic N) is 1. The minimum atomic E-state index is -1.13. The second kappa shape index (κ2) is 5.24. The highest BCUT2D eigenvalue weighted by Crippen LogP contribution is 2.19. The van der Waals surface area contributed by atoms with Gasteiger partial charge < -0.3 is 25.6 Å². The van der Waals surface area contributed by atoms with Crippen molar-refractivity contribution in [3.8, 4) is 0 Å². The molecule has 1 heterocycles. The fourth-order valence-electron chi connectivity index (χ4n) is 1.77. The van der Waals surface area contributed by atoms with Crippen molar-refractivity contribution in [3.63, 3.8) is 0 Å². The lowest BCUT2D eigenvalue weighted by Crippen LogP contribution is -2.48. The molecule has 92 valence electrons. The van der Waals surface area contributed by atoms with E-state index in [0.29, 0.717) is 0 Å². The molecule has 1 aliphatic rings. The summed E-state index contributed by atoms with van der Waals surface area (Å²) in [6.45, 7) is -0.00999. The summed E-state index contributed by atoms with van der Waals surface area (Å²) < 4.78 is 4.85. The molecule has 0 aromatic carbocycles. The Morgan fingerprint density at radius 3 is 2.69 bits per heavy atom. The molecule has 7 nitrogen and oxygen atoms in total. The van der Waals surface area contributed by atoms with E-state index in [4.69, 9.17) is 15.6 Å². The first-order chi connectivity index (χ1) is 7.51. The number of hydrogen-bond donors (Lipinski definition) is 3. The number of carbonyl (C=O) groups is 2. The van der Waals surface area contributed by atoms with E-state index in [1.807, 2.05) is 0 Å². The van der Waals surface area contributed by atoms with Crippen molar-refractivity contribution in [2.24, 2.45) is 5.73 Å². The van der Waals surface area contributed by atoms with Crippen molar-refractivity contribution in [3.05, 3.63) is 0 Å². The lowest BCUT2D eigenvalue weighted by Gasteiger charge is -2.24. The summed E-state index contributed by atoms with van der Waals surface area (Å²) in [5.41, 5.74) is 5.33. The molecule has 7 heteroatoms. The van der Waals surface area contributed by atoms with Gasteiger partial charge in [0.25, 0.3) is 5.91 Å². The first-order valence-electron chi connectivity index (χ1n) is 4.95. The fraction of sp³-hybridized carbons (Fsp3) is 0.778. The zero-order valence-electron chi connectivity index (χ0n) is 9.00. The van der Waals surface area contributed by atoms with Gasteiger partial charge in [-0.05, 0) is 0 Å². The highest BCUT2D eigenvalue weighted by Gasteiger charge is 2.40. The number of ether oxygens (including phenoxy) is 1. The Kier molecular flexibility index (Phi) is 4.22. The van der Waals surface area contributed by atoms with Crippen LogP contribution in [-0.4, -0.2) is 65.4 Å². The van der Waals surface area contributed by atoms with E-state index in [0.717, 1.165) is 4.90 Å². The van der Waals surface area contributed by atoms with Gasteiger partial charge in [-0.3, -0.25) is 4.79 Å². The number of likely N-dealkylation sites (tertiary alicyclic amines) is 1. The standard InChI is InChI=1S/C9H16N2O5/c1-16-7(3-10)8(13)11-4-5(12)2-6(11)9(14)15/h5-7,12H,2-4,10H2,1H3,(H,14,15)/t5-,6-,7?/m0/s1. The van der Waals surface area contributed by atoms with Gasteiger partial charge in [0.15, 0.2) is 0 Å². The zero-order chi connectivity index (χ0) is 12.3. The number of amides is 1. The zero-order valence-corrected chi connectivity index (χ0v) is 9.00. The second-order valence-corrected chi connectivity index (χ2v) is 3.69. The van der Waals surface area contributed by atoms with E-state index in [-0.39, 0.29) is 19.5 Å². The minimum Gasteiger partial charge on any atom is -0.480 e. The van der Waals surface area contributed by atoms with Crippen LogP contribution in [0.2, 0.25) is 0 Å². The molecular weight excluding hydrogens is 216 g/mol. The average Bonchev–Trinajstić information content (AvgIpc) is 2.62. The smallest absolute Gasteiger partial charge is 0.326 e. The Balaban J connectivity index is 2.77. The van der Waals surface area contributed by atoms with Gasteiger partial charge in [0, 0.05) is 26.6 Å². The number of nitrogens with two attached hydrogens (primary N) is 1. The van der Waals surface area contributed by atoms with Crippen LogP contribution in [0, 0.1) is 0 Å². The summed E-state index contributed by atoms with van der Waals surface area (Å²) in [5, 5.41) is 18.3. The molecule has 0 saturated carbocycles. The second-order valence-electron chi connectivity index (χ2n) is 3.69. The molecule has 1 unspecified atom stereocenters. The van der Waals surface area contributed by atoms with Gasteiger partial charge >= 0.3 is 5.97 Å². The topological polar surface area (TPSA) is 113 Å². The molecule has 1 saturated heterocycles. The van der Waals surface area contributed by atoms with Gasteiger partial charge in [0.1, 0.15) is 12.1 Å². The first-order valence-corrected chi connectivity index (χ1v) is 4.95. The number of carboxylic acid groups (broad SMARTS) is 1. The molecule has 16 heavy (non-hydrogen) atoms. The molecule has 0 bridgehead atoms. The van der Waals surface area contributed by atoms with Gasteiger partial charge in [0.05, 0.1) is 6.10 Å². The number of aliphatic hydroxyl groups excluding tert-OH is 1. The van der Waals surface area contributed by atoms with Gasteiger partial charge in [0.2, 0.25) is 0 Å². The van der Waals surface area contributed by atoms with Gasteiger partial charge in [-0.2, -0.15) is 0 Å². The predicted molar refractivity (Wildman–Crippen MR) is 53.6 cm³/mol. The molecule has 1 rings (SSSR count). The molecular formula is C9H16N2O5.